The number of nitrogens with zero attached hydrogens (tertiary/aromatic N) is 1. The van der Waals surface area contributed by atoms with Crippen LogP contribution in [0.25, 0.3) is 0 Å². The highest BCUT2D eigenvalue weighted by atomic mass is 16.5. The van der Waals surface area contributed by atoms with Gasteiger partial charge in [0.2, 0.25) is 5.91 Å². The van der Waals surface area contributed by atoms with Crippen molar-refractivity contribution in [2.45, 2.75) is 39.0 Å². The lowest BCUT2D eigenvalue weighted by atomic mass is 10.1. The molecule has 2 rings (SSSR count). The van der Waals surface area contributed by atoms with Crippen LogP contribution in [0.5, 0.6) is 11.5 Å². The monoisotopic (exact) mass is 368 g/mol. The minimum atomic E-state index is -0.113. The number of carbonyl (C=O) groups excluding carboxylic acids is 1. The van der Waals surface area contributed by atoms with E-state index >= 15 is 0 Å². The van der Waals surface area contributed by atoms with E-state index in [0.29, 0.717) is 25.2 Å². The Morgan fingerprint density at radius 1 is 1.11 bits per heavy atom. The van der Waals surface area contributed by atoms with Crippen LogP contribution >= 0.6 is 0 Å². The molecule has 0 bridgehead atoms. The standard InChI is InChI=1S/C22H28N2O3/c1-3-4-8-15-27-20-13-11-19(16-21(20)26-2)17-23-24-22(25)14-12-18-9-6-5-7-10-18/h5-7,9-11,13,16-17H,3-4,8,12,14-15H2,1-2H3,(H,24,25)/b23-17+. The highest BCUT2D eigenvalue weighted by Crippen LogP contribution is 2.27. The van der Waals surface area contributed by atoms with Gasteiger partial charge in [-0.1, -0.05) is 50.1 Å². The number of hydrazone groups is 1. The maximum absolute atomic E-state index is 11.9. The number of methoxy groups -OCH3 is 1. The number of hydrogen-bond acceptors (Lipinski definition) is 4. The zero-order valence-electron chi connectivity index (χ0n) is 16.1. The van der Waals surface area contributed by atoms with Crippen LogP contribution in [0.3, 0.4) is 0 Å². The molecule has 2 aromatic rings. The fourth-order valence-electron chi connectivity index (χ4n) is 2.56. The second-order valence-corrected chi connectivity index (χ2v) is 6.24. The first kappa shape index (κ1) is 20.5. The van der Waals surface area contributed by atoms with E-state index in [2.05, 4.69) is 17.5 Å². The highest BCUT2D eigenvalue weighted by Gasteiger charge is 2.05. The van der Waals surface area contributed by atoms with E-state index in [4.69, 9.17) is 9.47 Å². The van der Waals surface area contributed by atoms with Gasteiger partial charge in [-0.05, 0) is 42.2 Å². The molecule has 0 saturated carbocycles. The Bertz CT molecular complexity index is 730. The normalized spacial score (nSPS) is 10.7. The highest BCUT2D eigenvalue weighted by molar-refractivity contribution is 5.83. The maximum Gasteiger partial charge on any atom is 0.240 e. The Balaban J connectivity index is 1.82. The van der Waals surface area contributed by atoms with Crippen LogP contribution in [-0.2, 0) is 11.2 Å². The molecule has 0 unspecified atom stereocenters. The van der Waals surface area contributed by atoms with Gasteiger partial charge in [-0.2, -0.15) is 5.10 Å². The molecule has 1 N–H and O–H groups in total. The van der Waals surface area contributed by atoms with Crippen molar-refractivity contribution in [3.8, 4) is 11.5 Å². The topological polar surface area (TPSA) is 59.9 Å². The number of benzene rings is 2. The van der Waals surface area contributed by atoms with E-state index < -0.39 is 0 Å². The predicted octanol–water partition coefficient (Wildman–Crippen LogP) is 4.35. The Morgan fingerprint density at radius 2 is 1.93 bits per heavy atom. The van der Waals surface area contributed by atoms with Gasteiger partial charge >= 0.3 is 0 Å². The zero-order chi connectivity index (χ0) is 19.3. The first-order valence-electron chi connectivity index (χ1n) is 9.39. The number of amides is 1. The number of unbranched alkanes of at least 4 members (excludes halogenated alkanes) is 2. The van der Waals surface area contributed by atoms with Crippen LogP contribution in [0.2, 0.25) is 0 Å². The van der Waals surface area contributed by atoms with Crippen LogP contribution in [0.1, 0.15) is 43.7 Å². The molecule has 0 heterocycles. The summed E-state index contributed by atoms with van der Waals surface area (Å²) in [6, 6.07) is 15.5. The quantitative estimate of drug-likeness (QED) is 0.364. The van der Waals surface area contributed by atoms with E-state index in [1.165, 1.54) is 0 Å². The van der Waals surface area contributed by atoms with Crippen LogP contribution < -0.4 is 14.9 Å². The lowest BCUT2D eigenvalue weighted by molar-refractivity contribution is -0.121. The lowest BCUT2D eigenvalue weighted by Gasteiger charge is -2.11. The molecule has 0 aliphatic rings. The minimum Gasteiger partial charge on any atom is -0.493 e. The van der Waals surface area contributed by atoms with E-state index in [1.54, 1.807) is 13.3 Å². The summed E-state index contributed by atoms with van der Waals surface area (Å²) in [7, 11) is 1.61. The molecule has 1 amide bonds. The Morgan fingerprint density at radius 3 is 2.67 bits per heavy atom. The maximum atomic E-state index is 11.9. The summed E-state index contributed by atoms with van der Waals surface area (Å²) in [5.41, 5.74) is 4.53. The number of aryl methyl sites for hydroxylation is 1. The van der Waals surface area contributed by atoms with E-state index in [0.717, 1.165) is 36.1 Å². The van der Waals surface area contributed by atoms with Gasteiger partial charge in [-0.25, -0.2) is 5.43 Å². The molecule has 5 heteroatoms. The van der Waals surface area contributed by atoms with Crippen molar-refractivity contribution in [1.29, 1.82) is 0 Å². The summed E-state index contributed by atoms with van der Waals surface area (Å²) >= 11 is 0. The largest absolute Gasteiger partial charge is 0.493 e. The van der Waals surface area contributed by atoms with Gasteiger partial charge in [0.15, 0.2) is 11.5 Å². The van der Waals surface area contributed by atoms with Crippen molar-refractivity contribution in [3.05, 3.63) is 59.7 Å². The molecule has 0 aromatic heterocycles. The second-order valence-electron chi connectivity index (χ2n) is 6.24. The Labute approximate surface area is 161 Å². The molecule has 0 fully saturated rings. The molecular weight excluding hydrogens is 340 g/mol. The second kappa shape index (κ2) is 11.7. The van der Waals surface area contributed by atoms with Crippen molar-refractivity contribution >= 4 is 12.1 Å². The third-order valence-corrected chi connectivity index (χ3v) is 4.08. The smallest absolute Gasteiger partial charge is 0.240 e. The van der Waals surface area contributed by atoms with Crippen LogP contribution in [0, 0.1) is 0 Å². The van der Waals surface area contributed by atoms with Gasteiger partial charge in [0.25, 0.3) is 0 Å². The Hall–Kier alpha value is -2.82. The SMILES string of the molecule is CCCCCOc1ccc(/C=N/NC(=O)CCc2ccccc2)cc1OC. The summed E-state index contributed by atoms with van der Waals surface area (Å²) in [5.74, 6) is 1.27. The van der Waals surface area contributed by atoms with Crippen molar-refractivity contribution in [2.75, 3.05) is 13.7 Å². The number of carbonyl (C=O) groups is 1. The number of rotatable bonds is 11. The van der Waals surface area contributed by atoms with Gasteiger partial charge in [-0.15, -0.1) is 0 Å². The van der Waals surface area contributed by atoms with Crippen molar-refractivity contribution in [3.63, 3.8) is 0 Å². The van der Waals surface area contributed by atoms with Gasteiger partial charge in [0.05, 0.1) is 19.9 Å². The molecule has 2 aromatic carbocycles. The molecule has 0 aliphatic heterocycles. The average Bonchev–Trinajstić information content (AvgIpc) is 2.71. The molecule has 144 valence electrons. The van der Waals surface area contributed by atoms with Gasteiger partial charge in [0, 0.05) is 6.42 Å². The molecule has 0 radical (unpaired) electrons. The molecular formula is C22H28N2O3. The fraction of sp³-hybridized carbons (Fsp3) is 0.364. The molecule has 0 atom stereocenters. The summed E-state index contributed by atoms with van der Waals surface area (Å²) in [6.45, 7) is 2.84. The average molecular weight is 368 g/mol. The fourth-order valence-corrected chi connectivity index (χ4v) is 2.56. The van der Waals surface area contributed by atoms with Crippen molar-refractivity contribution in [1.82, 2.24) is 5.43 Å². The number of hydrogen-bond donors (Lipinski definition) is 1. The first-order chi connectivity index (χ1) is 13.2. The molecule has 0 spiro atoms. The van der Waals surface area contributed by atoms with Crippen molar-refractivity contribution in [2.24, 2.45) is 5.10 Å². The van der Waals surface area contributed by atoms with Gasteiger partial charge in [0.1, 0.15) is 0 Å². The molecule has 5 nitrogen and oxygen atoms in total. The molecule has 0 saturated heterocycles. The van der Waals surface area contributed by atoms with Crippen LogP contribution in [0.15, 0.2) is 53.6 Å². The minimum absolute atomic E-state index is 0.113. The predicted molar refractivity (Wildman–Crippen MR) is 109 cm³/mol. The molecule has 0 aliphatic carbocycles. The van der Waals surface area contributed by atoms with Crippen LogP contribution in [0.4, 0.5) is 0 Å². The Kier molecular flexibility index (Phi) is 8.90. The van der Waals surface area contributed by atoms with E-state index in [1.807, 2.05) is 48.5 Å². The number of nitrogens with one attached hydrogen (secondary N) is 1. The van der Waals surface area contributed by atoms with E-state index in [-0.39, 0.29) is 5.91 Å². The third kappa shape index (κ3) is 7.52. The summed E-state index contributed by atoms with van der Waals surface area (Å²) in [6.07, 6.45) is 6.03. The van der Waals surface area contributed by atoms with Crippen molar-refractivity contribution < 1.29 is 14.3 Å². The zero-order valence-corrected chi connectivity index (χ0v) is 16.1. The summed E-state index contributed by atoms with van der Waals surface area (Å²) in [5, 5.41) is 4.02. The van der Waals surface area contributed by atoms with Crippen LogP contribution in [-0.4, -0.2) is 25.8 Å². The molecule has 27 heavy (non-hydrogen) atoms. The van der Waals surface area contributed by atoms with Gasteiger partial charge in [-0.3, -0.25) is 4.79 Å². The number of ether oxygens (including phenoxy) is 2. The van der Waals surface area contributed by atoms with E-state index in [9.17, 15) is 4.79 Å². The summed E-state index contributed by atoms with van der Waals surface area (Å²) in [4.78, 5) is 11.9. The first-order valence-corrected chi connectivity index (χ1v) is 9.39. The lowest BCUT2D eigenvalue weighted by Crippen LogP contribution is -2.17. The third-order valence-electron chi connectivity index (χ3n) is 4.08. The summed E-state index contributed by atoms with van der Waals surface area (Å²) < 4.78 is 11.1. The van der Waals surface area contributed by atoms with Gasteiger partial charge < -0.3 is 9.47 Å².